The quantitative estimate of drug-likeness (QED) is 0.692. The van der Waals surface area contributed by atoms with E-state index in [9.17, 15) is 4.79 Å². The fourth-order valence-electron chi connectivity index (χ4n) is 1.73. The van der Waals surface area contributed by atoms with Crippen LogP contribution in [0, 0.1) is 0 Å². The van der Waals surface area contributed by atoms with Gasteiger partial charge in [-0.2, -0.15) is 5.10 Å². The van der Waals surface area contributed by atoms with E-state index in [1.807, 2.05) is 24.3 Å². The molecule has 1 aromatic carbocycles. The Morgan fingerprint density at radius 2 is 2.22 bits per heavy atom. The van der Waals surface area contributed by atoms with Gasteiger partial charge in [0, 0.05) is 12.6 Å². The van der Waals surface area contributed by atoms with Gasteiger partial charge >= 0.3 is 0 Å². The topological polar surface area (TPSA) is 60.9 Å². The van der Waals surface area contributed by atoms with E-state index in [0.29, 0.717) is 17.9 Å². The molecule has 0 aliphatic rings. The molecule has 2 heterocycles. The molecule has 0 spiro atoms. The van der Waals surface area contributed by atoms with Crippen molar-refractivity contribution in [1.82, 2.24) is 14.8 Å². The molecule has 5 nitrogen and oxygen atoms in total. The Balaban J connectivity index is 2.03. The molecular formula is C13H11N3O2. The van der Waals surface area contributed by atoms with Crippen LogP contribution in [-0.4, -0.2) is 20.7 Å². The van der Waals surface area contributed by atoms with Gasteiger partial charge in [0.2, 0.25) is 11.8 Å². The molecule has 0 saturated carbocycles. The van der Waals surface area contributed by atoms with Crippen molar-refractivity contribution in [1.29, 1.82) is 0 Å². The van der Waals surface area contributed by atoms with Crippen molar-refractivity contribution in [3.63, 3.8) is 0 Å². The third kappa shape index (κ3) is 1.69. The first-order chi connectivity index (χ1) is 8.78. The molecule has 0 bridgehead atoms. The van der Waals surface area contributed by atoms with Crippen LogP contribution in [0.1, 0.15) is 18.1 Å². The summed E-state index contributed by atoms with van der Waals surface area (Å²) in [5, 5.41) is 4.00. The SMILES string of the molecule is CCC(=O)n1cc(-c2nc3ccccc3o2)cn1. The second kappa shape index (κ2) is 4.10. The molecule has 0 N–H and O–H groups in total. The summed E-state index contributed by atoms with van der Waals surface area (Å²) in [6.45, 7) is 1.79. The third-order valence-electron chi connectivity index (χ3n) is 2.68. The Hall–Kier alpha value is -2.43. The van der Waals surface area contributed by atoms with Gasteiger partial charge in [0.1, 0.15) is 5.52 Å². The molecule has 3 rings (SSSR count). The van der Waals surface area contributed by atoms with Crippen LogP contribution in [0.5, 0.6) is 0 Å². The minimum atomic E-state index is -0.0580. The molecular weight excluding hydrogens is 230 g/mol. The van der Waals surface area contributed by atoms with Gasteiger partial charge in [0.15, 0.2) is 5.58 Å². The lowest BCUT2D eigenvalue weighted by Crippen LogP contribution is -2.08. The summed E-state index contributed by atoms with van der Waals surface area (Å²) in [5.41, 5.74) is 2.22. The van der Waals surface area contributed by atoms with Crippen molar-refractivity contribution in [2.45, 2.75) is 13.3 Å². The zero-order valence-electron chi connectivity index (χ0n) is 9.83. The maximum absolute atomic E-state index is 11.5. The van der Waals surface area contributed by atoms with Gasteiger partial charge in [0.05, 0.1) is 11.8 Å². The average Bonchev–Trinajstić information content (AvgIpc) is 3.03. The average molecular weight is 241 g/mol. The van der Waals surface area contributed by atoms with E-state index < -0.39 is 0 Å². The van der Waals surface area contributed by atoms with E-state index in [0.717, 1.165) is 11.1 Å². The minimum Gasteiger partial charge on any atom is -0.436 e. The highest BCUT2D eigenvalue weighted by atomic mass is 16.3. The summed E-state index contributed by atoms with van der Waals surface area (Å²) in [5.74, 6) is 0.420. The van der Waals surface area contributed by atoms with Gasteiger partial charge < -0.3 is 4.42 Å². The minimum absolute atomic E-state index is 0.0580. The first-order valence-electron chi connectivity index (χ1n) is 5.71. The molecule has 2 aromatic heterocycles. The standard InChI is InChI=1S/C13H11N3O2/c1-2-12(17)16-8-9(7-14-16)13-15-10-5-3-4-6-11(10)18-13/h3-8H,2H2,1H3. The first kappa shape index (κ1) is 10.7. The lowest BCUT2D eigenvalue weighted by atomic mass is 10.3. The number of oxazole rings is 1. The highest BCUT2D eigenvalue weighted by molar-refractivity contribution is 5.79. The van der Waals surface area contributed by atoms with Gasteiger partial charge in [0.25, 0.3) is 0 Å². The predicted molar refractivity (Wildman–Crippen MR) is 66.1 cm³/mol. The van der Waals surface area contributed by atoms with Crippen LogP contribution in [0.2, 0.25) is 0 Å². The summed E-state index contributed by atoms with van der Waals surface area (Å²) in [6, 6.07) is 7.53. The van der Waals surface area contributed by atoms with Gasteiger partial charge in [-0.1, -0.05) is 19.1 Å². The molecule has 0 unspecified atom stereocenters. The second-order valence-corrected chi connectivity index (χ2v) is 3.91. The monoisotopic (exact) mass is 241 g/mol. The molecule has 18 heavy (non-hydrogen) atoms. The molecule has 0 amide bonds. The van der Waals surface area contributed by atoms with Gasteiger partial charge in [-0.15, -0.1) is 0 Å². The van der Waals surface area contributed by atoms with E-state index in [1.165, 1.54) is 4.68 Å². The number of fused-ring (bicyclic) bond motifs is 1. The van der Waals surface area contributed by atoms with Crippen LogP contribution < -0.4 is 0 Å². The molecule has 90 valence electrons. The van der Waals surface area contributed by atoms with Crippen molar-refractivity contribution < 1.29 is 9.21 Å². The normalized spacial score (nSPS) is 10.9. The fraction of sp³-hybridized carbons (Fsp3) is 0.154. The lowest BCUT2D eigenvalue weighted by molar-refractivity contribution is 0.0893. The number of carbonyl (C=O) groups excluding carboxylic acids is 1. The zero-order chi connectivity index (χ0) is 12.5. The van der Waals surface area contributed by atoms with Crippen molar-refractivity contribution in [3.05, 3.63) is 36.7 Å². The summed E-state index contributed by atoms with van der Waals surface area (Å²) >= 11 is 0. The van der Waals surface area contributed by atoms with E-state index in [2.05, 4.69) is 10.1 Å². The van der Waals surface area contributed by atoms with E-state index in [4.69, 9.17) is 4.42 Å². The maximum atomic E-state index is 11.5. The predicted octanol–water partition coefficient (Wildman–Crippen LogP) is 2.74. The Labute approximate surface area is 103 Å². The van der Waals surface area contributed by atoms with Crippen LogP contribution in [0.4, 0.5) is 0 Å². The van der Waals surface area contributed by atoms with Crippen molar-refractivity contribution in [3.8, 4) is 11.5 Å². The number of benzene rings is 1. The largest absolute Gasteiger partial charge is 0.436 e. The van der Waals surface area contributed by atoms with Crippen molar-refractivity contribution in [2.24, 2.45) is 0 Å². The highest BCUT2D eigenvalue weighted by Gasteiger charge is 2.11. The lowest BCUT2D eigenvalue weighted by Gasteiger charge is -1.93. The van der Waals surface area contributed by atoms with Gasteiger partial charge in [-0.05, 0) is 12.1 Å². The van der Waals surface area contributed by atoms with Gasteiger partial charge in [-0.25, -0.2) is 9.67 Å². The number of hydrogen-bond donors (Lipinski definition) is 0. The van der Waals surface area contributed by atoms with Crippen molar-refractivity contribution >= 4 is 17.0 Å². The van der Waals surface area contributed by atoms with Crippen LogP contribution in [0.15, 0.2) is 41.1 Å². The molecule has 0 saturated heterocycles. The molecule has 0 aliphatic carbocycles. The van der Waals surface area contributed by atoms with Gasteiger partial charge in [-0.3, -0.25) is 4.79 Å². The molecule has 0 radical (unpaired) electrons. The first-order valence-corrected chi connectivity index (χ1v) is 5.71. The Kier molecular flexibility index (Phi) is 2.44. The number of aromatic nitrogens is 3. The molecule has 0 atom stereocenters. The van der Waals surface area contributed by atoms with Crippen LogP contribution in [0.25, 0.3) is 22.6 Å². The van der Waals surface area contributed by atoms with Crippen LogP contribution in [0.3, 0.4) is 0 Å². The summed E-state index contributed by atoms with van der Waals surface area (Å²) in [7, 11) is 0. The summed E-state index contributed by atoms with van der Waals surface area (Å²) in [6.07, 6.45) is 3.63. The van der Waals surface area contributed by atoms with Crippen LogP contribution in [-0.2, 0) is 0 Å². The molecule has 0 aliphatic heterocycles. The summed E-state index contributed by atoms with van der Waals surface area (Å²) in [4.78, 5) is 15.8. The molecule has 5 heteroatoms. The van der Waals surface area contributed by atoms with E-state index >= 15 is 0 Å². The second-order valence-electron chi connectivity index (χ2n) is 3.91. The molecule has 0 fully saturated rings. The number of para-hydroxylation sites is 2. The Morgan fingerprint density at radius 1 is 1.39 bits per heavy atom. The van der Waals surface area contributed by atoms with Crippen molar-refractivity contribution in [2.75, 3.05) is 0 Å². The maximum Gasteiger partial charge on any atom is 0.246 e. The highest BCUT2D eigenvalue weighted by Crippen LogP contribution is 2.23. The fourth-order valence-corrected chi connectivity index (χ4v) is 1.73. The van der Waals surface area contributed by atoms with Crippen LogP contribution >= 0.6 is 0 Å². The Bertz CT molecular complexity index is 679. The van der Waals surface area contributed by atoms with E-state index in [-0.39, 0.29) is 5.91 Å². The summed E-state index contributed by atoms with van der Waals surface area (Å²) < 4.78 is 6.91. The number of nitrogens with zero attached hydrogens (tertiary/aromatic N) is 3. The third-order valence-corrected chi connectivity index (χ3v) is 2.68. The number of rotatable bonds is 2. The molecule has 3 aromatic rings. The number of carbonyl (C=O) groups is 1. The zero-order valence-corrected chi connectivity index (χ0v) is 9.83. The number of hydrogen-bond acceptors (Lipinski definition) is 4. The Morgan fingerprint density at radius 3 is 3.00 bits per heavy atom. The smallest absolute Gasteiger partial charge is 0.246 e. The van der Waals surface area contributed by atoms with E-state index in [1.54, 1.807) is 19.3 Å².